The number of nitrogens with zero attached hydrogens (tertiary/aromatic N) is 3. The number of likely N-dealkylation sites (tertiary alicyclic amines) is 1. The highest BCUT2D eigenvalue weighted by atomic mass is 16.5. The highest BCUT2D eigenvalue weighted by molar-refractivity contribution is 5.97. The first kappa shape index (κ1) is 21.9. The number of aryl methyl sites for hydroxylation is 1. The molecule has 3 aromatic rings. The van der Waals surface area contributed by atoms with Crippen molar-refractivity contribution in [3.05, 3.63) is 93.4 Å². The third-order valence-electron chi connectivity index (χ3n) is 5.63. The molecule has 7 nitrogen and oxygen atoms in total. The molecule has 0 saturated carbocycles. The highest BCUT2D eigenvalue weighted by Crippen LogP contribution is 2.17. The summed E-state index contributed by atoms with van der Waals surface area (Å²) in [6.45, 7) is 4.41. The van der Waals surface area contributed by atoms with Gasteiger partial charge in [-0.25, -0.2) is 4.68 Å². The number of rotatable bonds is 8. The third-order valence-corrected chi connectivity index (χ3v) is 5.63. The minimum atomic E-state index is -0.384. The van der Waals surface area contributed by atoms with Gasteiger partial charge in [0.25, 0.3) is 5.56 Å². The van der Waals surface area contributed by atoms with Gasteiger partial charge >= 0.3 is 0 Å². The number of Topliss-reactive ketones (excluding diaryl/α,β-unsaturated/α-hetero) is 1. The van der Waals surface area contributed by atoms with Gasteiger partial charge < -0.3 is 9.84 Å². The van der Waals surface area contributed by atoms with Gasteiger partial charge in [-0.1, -0.05) is 48.5 Å². The van der Waals surface area contributed by atoms with Crippen molar-refractivity contribution in [2.45, 2.75) is 39.1 Å². The van der Waals surface area contributed by atoms with E-state index in [1.54, 1.807) is 0 Å². The van der Waals surface area contributed by atoms with E-state index in [0.29, 0.717) is 24.5 Å². The Hall–Kier alpha value is -3.29. The Bertz CT molecular complexity index is 1140. The number of hydrogen-bond donors (Lipinski definition) is 1. The monoisotopic (exact) mass is 433 g/mol. The molecule has 0 aliphatic carbocycles. The summed E-state index contributed by atoms with van der Waals surface area (Å²) in [6, 6.07) is 16.7. The SMILES string of the molecule is Cc1cc(CN2CCC(O)C2)ccc1C(=O)Cn1ncc(OCc2ccccc2)cc1=O. The Labute approximate surface area is 186 Å². The Morgan fingerprint density at radius 2 is 1.97 bits per heavy atom. The van der Waals surface area contributed by atoms with Gasteiger partial charge in [0, 0.05) is 31.3 Å². The summed E-state index contributed by atoms with van der Waals surface area (Å²) in [4.78, 5) is 27.4. The molecule has 1 saturated heterocycles. The topological polar surface area (TPSA) is 84.7 Å². The molecular formula is C25H27N3O4. The molecule has 1 aromatic heterocycles. The number of aliphatic hydroxyl groups is 1. The van der Waals surface area contributed by atoms with Gasteiger partial charge in [0.2, 0.25) is 0 Å². The van der Waals surface area contributed by atoms with Gasteiger partial charge in [0.05, 0.1) is 12.3 Å². The first-order valence-corrected chi connectivity index (χ1v) is 10.7. The summed E-state index contributed by atoms with van der Waals surface area (Å²) in [7, 11) is 0. The maximum Gasteiger partial charge on any atom is 0.270 e. The van der Waals surface area contributed by atoms with Gasteiger partial charge in [-0.05, 0) is 30.0 Å². The highest BCUT2D eigenvalue weighted by Gasteiger charge is 2.20. The van der Waals surface area contributed by atoms with Gasteiger partial charge in [0.1, 0.15) is 18.9 Å². The van der Waals surface area contributed by atoms with Gasteiger partial charge in [-0.2, -0.15) is 5.10 Å². The maximum atomic E-state index is 12.8. The lowest BCUT2D eigenvalue weighted by Crippen LogP contribution is -2.26. The molecule has 1 fully saturated rings. The normalized spacial score (nSPS) is 16.2. The van der Waals surface area contributed by atoms with Gasteiger partial charge in [-0.3, -0.25) is 14.5 Å². The number of aromatic nitrogens is 2. The largest absolute Gasteiger partial charge is 0.487 e. The van der Waals surface area contributed by atoms with E-state index in [9.17, 15) is 14.7 Å². The number of carbonyl (C=O) groups excluding carboxylic acids is 1. The van der Waals surface area contributed by atoms with Crippen molar-refractivity contribution in [2.75, 3.05) is 13.1 Å². The zero-order valence-electron chi connectivity index (χ0n) is 18.1. The number of hydrogen-bond acceptors (Lipinski definition) is 6. The number of benzene rings is 2. The number of aliphatic hydroxyl groups excluding tert-OH is 1. The van der Waals surface area contributed by atoms with Crippen LogP contribution in [0.1, 0.15) is 33.5 Å². The average molecular weight is 434 g/mol. The van der Waals surface area contributed by atoms with Gasteiger partial charge in [-0.15, -0.1) is 0 Å². The molecule has 0 amide bonds. The smallest absolute Gasteiger partial charge is 0.270 e. The molecule has 0 radical (unpaired) electrons. The zero-order chi connectivity index (χ0) is 22.5. The van der Waals surface area contributed by atoms with Crippen molar-refractivity contribution in [2.24, 2.45) is 0 Å². The lowest BCUT2D eigenvalue weighted by molar-refractivity contribution is 0.0964. The van der Waals surface area contributed by atoms with Crippen LogP contribution in [0.4, 0.5) is 0 Å². The molecule has 32 heavy (non-hydrogen) atoms. The van der Waals surface area contributed by atoms with E-state index in [0.717, 1.165) is 40.9 Å². The number of carbonyl (C=O) groups is 1. The zero-order valence-corrected chi connectivity index (χ0v) is 18.1. The quantitative estimate of drug-likeness (QED) is 0.550. The standard InChI is InChI=1S/C25H27N3O4/c1-18-11-20(14-27-10-9-21(29)15-27)7-8-23(18)24(30)16-28-25(31)12-22(13-26-28)32-17-19-5-3-2-4-6-19/h2-8,11-13,21,29H,9-10,14-17H2,1H3. The summed E-state index contributed by atoms with van der Waals surface area (Å²) < 4.78 is 6.78. The second kappa shape index (κ2) is 9.89. The first-order valence-electron chi connectivity index (χ1n) is 10.7. The van der Waals surface area contributed by atoms with Crippen LogP contribution in [0.5, 0.6) is 5.75 Å². The predicted molar refractivity (Wildman–Crippen MR) is 121 cm³/mol. The number of ketones is 1. The van der Waals surface area contributed by atoms with Crippen LogP contribution in [0.15, 0.2) is 65.6 Å². The molecule has 166 valence electrons. The van der Waals surface area contributed by atoms with Crippen LogP contribution in [0.3, 0.4) is 0 Å². The van der Waals surface area contributed by atoms with Crippen molar-refractivity contribution in [3.8, 4) is 5.75 Å². The molecule has 1 aliphatic heterocycles. The average Bonchev–Trinajstić information content (AvgIpc) is 3.19. The molecule has 1 aliphatic rings. The van der Waals surface area contributed by atoms with E-state index in [1.807, 2.05) is 55.5 Å². The van der Waals surface area contributed by atoms with Crippen molar-refractivity contribution in [3.63, 3.8) is 0 Å². The molecule has 1 N–H and O–H groups in total. The van der Waals surface area contributed by atoms with Crippen LogP contribution in [-0.2, 0) is 19.7 Å². The summed E-state index contributed by atoms with van der Waals surface area (Å²) in [6.07, 6.45) is 2.00. The van der Waals surface area contributed by atoms with E-state index in [1.165, 1.54) is 12.3 Å². The maximum absolute atomic E-state index is 12.8. The fourth-order valence-corrected chi connectivity index (χ4v) is 3.93. The molecular weight excluding hydrogens is 406 g/mol. The van der Waals surface area contributed by atoms with Crippen LogP contribution in [-0.4, -0.2) is 44.8 Å². The molecule has 1 atom stereocenters. The Balaban J connectivity index is 1.38. The summed E-state index contributed by atoms with van der Waals surface area (Å²) >= 11 is 0. The van der Waals surface area contributed by atoms with Crippen molar-refractivity contribution in [1.29, 1.82) is 0 Å². The molecule has 4 rings (SSSR count). The second-order valence-corrected chi connectivity index (χ2v) is 8.21. The summed E-state index contributed by atoms with van der Waals surface area (Å²) in [5.41, 5.74) is 3.15. The fourth-order valence-electron chi connectivity index (χ4n) is 3.93. The molecule has 2 aromatic carbocycles. The summed E-state index contributed by atoms with van der Waals surface area (Å²) in [5, 5.41) is 13.8. The molecule has 1 unspecified atom stereocenters. The van der Waals surface area contributed by atoms with E-state index < -0.39 is 0 Å². The second-order valence-electron chi connectivity index (χ2n) is 8.21. The van der Waals surface area contributed by atoms with Crippen LogP contribution in [0, 0.1) is 6.92 Å². The van der Waals surface area contributed by atoms with Crippen molar-refractivity contribution >= 4 is 5.78 Å². The third kappa shape index (κ3) is 5.49. The Morgan fingerprint density at radius 1 is 1.16 bits per heavy atom. The van der Waals surface area contributed by atoms with Crippen LogP contribution in [0.25, 0.3) is 0 Å². The Morgan fingerprint density at radius 3 is 2.66 bits per heavy atom. The predicted octanol–water partition coefficient (Wildman–Crippen LogP) is 2.58. The van der Waals surface area contributed by atoms with E-state index in [4.69, 9.17) is 4.74 Å². The fraction of sp³-hybridized carbons (Fsp3) is 0.320. The molecule has 0 spiro atoms. The van der Waals surface area contributed by atoms with E-state index in [2.05, 4.69) is 10.00 Å². The molecule has 2 heterocycles. The van der Waals surface area contributed by atoms with Crippen LogP contribution < -0.4 is 10.3 Å². The Kier molecular flexibility index (Phi) is 6.78. The minimum absolute atomic E-state index is 0.129. The van der Waals surface area contributed by atoms with Gasteiger partial charge in [0.15, 0.2) is 5.78 Å². The van der Waals surface area contributed by atoms with E-state index >= 15 is 0 Å². The van der Waals surface area contributed by atoms with E-state index in [-0.39, 0.29) is 24.0 Å². The minimum Gasteiger partial charge on any atom is -0.487 e. The molecule has 0 bridgehead atoms. The number of ether oxygens (including phenoxy) is 1. The lowest BCUT2D eigenvalue weighted by atomic mass is 10.0. The van der Waals surface area contributed by atoms with Crippen LogP contribution >= 0.6 is 0 Å². The number of β-amino-alcohol motifs (C(OH)–C–C–N with tert-alkyl or cyclic N) is 1. The summed E-state index contributed by atoms with van der Waals surface area (Å²) in [5.74, 6) is 0.202. The first-order chi connectivity index (χ1) is 15.5. The van der Waals surface area contributed by atoms with Crippen molar-refractivity contribution in [1.82, 2.24) is 14.7 Å². The van der Waals surface area contributed by atoms with Crippen LogP contribution in [0.2, 0.25) is 0 Å². The van der Waals surface area contributed by atoms with Crippen molar-refractivity contribution < 1.29 is 14.6 Å². The lowest BCUT2D eigenvalue weighted by Gasteiger charge is -2.16. The molecule has 7 heteroatoms.